The first-order chi connectivity index (χ1) is 13.8. The molecule has 0 spiro atoms. The molecule has 0 radical (unpaired) electrons. The molecule has 1 N–H and O–H groups in total. The zero-order valence-corrected chi connectivity index (χ0v) is 19.1. The van der Waals surface area contributed by atoms with Gasteiger partial charge in [0.2, 0.25) is 0 Å². The molecule has 10 heteroatoms. The maximum absolute atomic E-state index is 11.7. The Kier molecular flexibility index (Phi) is 8.03. The number of aryl methyl sites for hydroxylation is 1. The highest BCUT2D eigenvalue weighted by molar-refractivity contribution is 7.83. The Balaban J connectivity index is 2.35. The predicted molar refractivity (Wildman–Crippen MR) is 125 cm³/mol. The van der Waals surface area contributed by atoms with Gasteiger partial charge in [-0.15, -0.1) is 24.0 Å². The predicted octanol–water partition coefficient (Wildman–Crippen LogP) is 2.35. The largest absolute Gasteiger partial charge is 0.391 e. The summed E-state index contributed by atoms with van der Waals surface area (Å²) in [5, 5.41) is 18.1. The number of hydrazone groups is 2. The lowest BCUT2D eigenvalue weighted by Gasteiger charge is -2.14. The van der Waals surface area contributed by atoms with Gasteiger partial charge in [0.05, 0.1) is 28.9 Å². The number of nitrogens with one attached hydrogen (secondary N) is 1. The summed E-state index contributed by atoms with van der Waals surface area (Å²) in [5.41, 5.74) is 3.84. The summed E-state index contributed by atoms with van der Waals surface area (Å²) in [7, 11) is 9.25. The maximum atomic E-state index is 11.7. The van der Waals surface area contributed by atoms with E-state index in [2.05, 4.69) is 34.7 Å². The second-order valence-corrected chi connectivity index (χ2v) is 7.86. The quantitative estimate of drug-likeness (QED) is 0.260. The molecular formula is C19H27N7OS2. The second kappa shape index (κ2) is 10.3. The van der Waals surface area contributed by atoms with E-state index >= 15 is 0 Å². The number of likely N-dealkylation sites (N-methyl/N-ethyl adjacent to an activating group) is 1. The number of rotatable bonds is 10. The topological polar surface area (TPSA) is 78.1 Å². The van der Waals surface area contributed by atoms with Crippen LogP contribution in [0.1, 0.15) is 21.1 Å². The van der Waals surface area contributed by atoms with Gasteiger partial charge in [-0.1, -0.05) is 6.58 Å². The molecule has 0 aliphatic carbocycles. The van der Waals surface area contributed by atoms with Crippen LogP contribution in [-0.2, 0) is 13.5 Å². The molecule has 29 heavy (non-hydrogen) atoms. The van der Waals surface area contributed by atoms with Crippen LogP contribution in [0.5, 0.6) is 0 Å². The normalized spacial score (nSPS) is 12.6. The van der Waals surface area contributed by atoms with Crippen LogP contribution < -0.4 is 5.32 Å². The van der Waals surface area contributed by atoms with Crippen molar-refractivity contribution < 1.29 is 4.79 Å². The van der Waals surface area contributed by atoms with Gasteiger partial charge in [0.15, 0.2) is 11.9 Å². The highest BCUT2D eigenvalue weighted by Crippen LogP contribution is 2.30. The minimum atomic E-state index is 0.497. The summed E-state index contributed by atoms with van der Waals surface area (Å²) in [6, 6.07) is 0. The van der Waals surface area contributed by atoms with Gasteiger partial charge in [-0.25, -0.2) is 4.98 Å². The molecule has 0 aliphatic rings. The fourth-order valence-electron chi connectivity index (χ4n) is 2.70. The highest BCUT2D eigenvalue weighted by atomic mass is 32.1. The lowest BCUT2D eigenvalue weighted by Crippen LogP contribution is -2.22. The van der Waals surface area contributed by atoms with Crippen molar-refractivity contribution in [1.29, 1.82) is 0 Å². The van der Waals surface area contributed by atoms with Crippen molar-refractivity contribution in [3.05, 3.63) is 40.0 Å². The molecule has 0 bridgehead atoms. The number of thiol groups is 1. The number of hydrogen-bond acceptors (Lipinski definition) is 9. The molecule has 2 rings (SSSR count). The zero-order valence-electron chi connectivity index (χ0n) is 17.4. The molecule has 2 heterocycles. The number of fused-ring (bicyclic) bond motifs is 1. The van der Waals surface area contributed by atoms with E-state index in [1.54, 1.807) is 43.6 Å². The number of aldehydes is 1. The summed E-state index contributed by atoms with van der Waals surface area (Å²) in [6.45, 7) is 4.29. The lowest BCUT2D eigenvalue weighted by molar-refractivity contribution is 0.111. The average molecular weight is 434 g/mol. The van der Waals surface area contributed by atoms with Crippen LogP contribution in [0.4, 0.5) is 0 Å². The molecule has 0 saturated carbocycles. The molecule has 0 aromatic carbocycles. The third kappa shape index (κ3) is 5.48. The molecular weight excluding hydrogens is 406 g/mol. The number of carbonyl (C=O) groups excluding carboxylic acids is 1. The number of nitrogens with zero attached hydrogens (tertiary/aromatic N) is 6. The SMILES string of the molecule is C=C/C(CN(C)/N=C\c1c(C=O)n(C)c2nc(C/C(=C/S)NC)sc12)=N\N(C)C. The van der Waals surface area contributed by atoms with Crippen molar-refractivity contribution in [1.82, 2.24) is 24.9 Å². The molecule has 0 unspecified atom stereocenters. The van der Waals surface area contributed by atoms with E-state index in [1.165, 1.54) is 0 Å². The molecule has 2 aromatic heterocycles. The molecule has 0 amide bonds. The first kappa shape index (κ1) is 22.7. The number of aromatic nitrogens is 2. The third-order valence-electron chi connectivity index (χ3n) is 4.12. The van der Waals surface area contributed by atoms with Gasteiger partial charge in [-0.2, -0.15) is 10.2 Å². The van der Waals surface area contributed by atoms with Crippen molar-refractivity contribution in [3.63, 3.8) is 0 Å². The van der Waals surface area contributed by atoms with Gasteiger partial charge in [0.1, 0.15) is 5.01 Å². The second-order valence-electron chi connectivity index (χ2n) is 6.52. The van der Waals surface area contributed by atoms with E-state index in [0.29, 0.717) is 18.7 Å². The van der Waals surface area contributed by atoms with Crippen molar-refractivity contribution in [2.75, 3.05) is 34.7 Å². The van der Waals surface area contributed by atoms with Crippen LogP contribution in [0.2, 0.25) is 0 Å². The van der Waals surface area contributed by atoms with E-state index in [1.807, 2.05) is 35.2 Å². The van der Waals surface area contributed by atoms with E-state index in [9.17, 15) is 4.79 Å². The average Bonchev–Trinajstić information content (AvgIpc) is 3.20. The Labute approximate surface area is 180 Å². The molecule has 2 aromatic rings. The Morgan fingerprint density at radius 2 is 2.14 bits per heavy atom. The van der Waals surface area contributed by atoms with Gasteiger partial charge in [0.25, 0.3) is 0 Å². The number of carbonyl (C=O) groups is 1. The molecule has 0 fully saturated rings. The zero-order chi connectivity index (χ0) is 21.6. The van der Waals surface area contributed by atoms with Gasteiger partial charge in [0, 0.05) is 52.9 Å². The minimum absolute atomic E-state index is 0.497. The van der Waals surface area contributed by atoms with E-state index in [-0.39, 0.29) is 0 Å². The van der Waals surface area contributed by atoms with Gasteiger partial charge in [-0.3, -0.25) is 9.80 Å². The molecule has 156 valence electrons. The Morgan fingerprint density at radius 1 is 1.41 bits per heavy atom. The van der Waals surface area contributed by atoms with Crippen molar-refractivity contribution in [2.24, 2.45) is 17.3 Å². The smallest absolute Gasteiger partial charge is 0.167 e. The molecule has 0 aliphatic heterocycles. The van der Waals surface area contributed by atoms with Crippen LogP contribution in [0.25, 0.3) is 10.3 Å². The van der Waals surface area contributed by atoms with Crippen LogP contribution in [-0.4, -0.2) is 72.5 Å². The van der Waals surface area contributed by atoms with Gasteiger partial charge < -0.3 is 14.9 Å². The summed E-state index contributed by atoms with van der Waals surface area (Å²) >= 11 is 5.76. The number of allylic oxidation sites excluding steroid dienone is 1. The van der Waals surface area contributed by atoms with Crippen molar-refractivity contribution >= 4 is 52.5 Å². The standard InChI is InChI=1S/C19H27N7OS2/c1-7-13(23-24(3)4)10-25(5)21-9-15-16(11-27)26(6)19-18(15)29-17(22-19)8-14(12-28)20-2/h7,9,11-12,20,28H,1,8,10H2,2-6H3/b14-12-,21-9-,23-13+. The summed E-state index contributed by atoms with van der Waals surface area (Å²) in [4.78, 5) is 16.4. The van der Waals surface area contributed by atoms with Crippen LogP contribution >= 0.6 is 24.0 Å². The highest BCUT2D eigenvalue weighted by Gasteiger charge is 2.18. The Hall–Kier alpha value is -2.59. The minimum Gasteiger partial charge on any atom is -0.391 e. The van der Waals surface area contributed by atoms with Crippen LogP contribution in [0.3, 0.4) is 0 Å². The van der Waals surface area contributed by atoms with Crippen LogP contribution in [0, 0.1) is 0 Å². The fourth-order valence-corrected chi connectivity index (χ4v) is 4.06. The Bertz CT molecular complexity index is 969. The molecule has 0 atom stereocenters. The van der Waals surface area contributed by atoms with E-state index < -0.39 is 0 Å². The van der Waals surface area contributed by atoms with Gasteiger partial charge >= 0.3 is 0 Å². The fraction of sp³-hybridized carbons (Fsp3) is 0.368. The first-order valence-corrected chi connectivity index (χ1v) is 10.2. The molecule has 8 nitrogen and oxygen atoms in total. The number of hydrogen-bond donors (Lipinski definition) is 2. The maximum Gasteiger partial charge on any atom is 0.167 e. The Morgan fingerprint density at radius 3 is 2.69 bits per heavy atom. The monoisotopic (exact) mass is 433 g/mol. The summed E-state index contributed by atoms with van der Waals surface area (Å²) in [6.07, 6.45) is 4.89. The van der Waals surface area contributed by atoms with Gasteiger partial charge in [-0.05, 0) is 11.5 Å². The van der Waals surface area contributed by atoms with E-state index in [4.69, 9.17) is 4.98 Å². The lowest BCUT2D eigenvalue weighted by atomic mass is 10.3. The molecule has 0 saturated heterocycles. The first-order valence-electron chi connectivity index (χ1n) is 8.91. The van der Waals surface area contributed by atoms with Crippen molar-refractivity contribution in [2.45, 2.75) is 6.42 Å². The summed E-state index contributed by atoms with van der Waals surface area (Å²) < 4.78 is 2.73. The number of thiazole rings is 1. The summed E-state index contributed by atoms with van der Waals surface area (Å²) in [5.74, 6) is 0. The van der Waals surface area contributed by atoms with Crippen molar-refractivity contribution in [3.8, 4) is 0 Å². The van der Waals surface area contributed by atoms with Crippen LogP contribution in [0.15, 0.2) is 34.0 Å². The third-order valence-corrected chi connectivity index (χ3v) is 5.51. The van der Waals surface area contributed by atoms with E-state index in [0.717, 1.165) is 38.6 Å².